The van der Waals surface area contributed by atoms with Crippen LogP contribution in [0.25, 0.3) is 85.2 Å². The molecule has 0 N–H and O–H groups in total. The van der Waals surface area contributed by atoms with E-state index in [0.717, 1.165) is 0 Å². The number of benzene rings is 7. The Morgan fingerprint density at radius 2 is 0.905 bits per heavy atom. The molecule has 0 bridgehead atoms. The molecule has 0 fully saturated rings. The fraction of sp³-hybridized carbons (Fsp3) is 0. The van der Waals surface area contributed by atoms with Crippen LogP contribution in [0.3, 0.4) is 0 Å². The highest BCUT2D eigenvalue weighted by Gasteiger charge is 2.19. The van der Waals surface area contributed by atoms with Crippen molar-refractivity contribution in [3.05, 3.63) is 145 Å². The highest BCUT2D eigenvalue weighted by atomic mass is 32.1. The lowest BCUT2D eigenvalue weighted by atomic mass is 9.86. The predicted molar refractivity (Wildman–Crippen MR) is 186 cm³/mol. The van der Waals surface area contributed by atoms with Gasteiger partial charge in [0.1, 0.15) is 0 Å². The summed E-state index contributed by atoms with van der Waals surface area (Å²) < 4.78 is 4.03. The molecule has 0 amide bonds. The van der Waals surface area contributed by atoms with E-state index in [1.807, 2.05) is 22.7 Å². The highest BCUT2D eigenvalue weighted by molar-refractivity contribution is 7.26. The third kappa shape index (κ3) is 3.53. The maximum Gasteiger partial charge on any atom is 0.0362 e. The van der Waals surface area contributed by atoms with E-state index in [2.05, 4.69) is 145 Å². The summed E-state index contributed by atoms with van der Waals surface area (Å²) in [7, 11) is 0. The fourth-order valence-electron chi connectivity index (χ4n) is 6.74. The lowest BCUT2D eigenvalue weighted by molar-refractivity contribution is 1.66. The molecule has 0 nitrogen and oxygen atoms in total. The van der Waals surface area contributed by atoms with Crippen molar-refractivity contribution in [2.75, 3.05) is 0 Å². The molecule has 0 spiro atoms. The van der Waals surface area contributed by atoms with E-state index in [1.54, 1.807) is 0 Å². The molecule has 7 aromatic carbocycles. The molecule has 2 heteroatoms. The standard InChI is InChI=1S/C40H24S2/c1-3-11-25(12-4-1)33-24-41-34-21-22-35-39(40(33)34)32-20-19-27(23-36(32)42-35)38-30-17-9-7-15-28(30)37(26-13-5-2-6-14-26)29-16-8-10-18-31(29)38/h1-24H. The molecule has 0 saturated carbocycles. The Morgan fingerprint density at radius 1 is 0.357 bits per heavy atom. The van der Waals surface area contributed by atoms with E-state index in [0.29, 0.717) is 0 Å². The molecule has 2 heterocycles. The van der Waals surface area contributed by atoms with Crippen LogP contribution in [0.15, 0.2) is 145 Å². The second-order valence-electron chi connectivity index (χ2n) is 10.8. The number of hydrogen-bond acceptors (Lipinski definition) is 2. The molecule has 0 atom stereocenters. The maximum absolute atomic E-state index is 2.43. The number of rotatable bonds is 3. The molecule has 2 aromatic heterocycles. The first kappa shape index (κ1) is 23.9. The van der Waals surface area contributed by atoms with Gasteiger partial charge in [0.25, 0.3) is 0 Å². The fourth-order valence-corrected chi connectivity index (χ4v) is 8.86. The van der Waals surface area contributed by atoms with Crippen molar-refractivity contribution < 1.29 is 0 Å². The van der Waals surface area contributed by atoms with E-state index in [1.165, 1.54) is 85.2 Å². The summed E-state index contributed by atoms with van der Waals surface area (Å²) >= 11 is 3.75. The average molecular weight is 569 g/mol. The van der Waals surface area contributed by atoms with Crippen molar-refractivity contribution in [2.45, 2.75) is 0 Å². The van der Waals surface area contributed by atoms with Crippen molar-refractivity contribution in [1.29, 1.82) is 0 Å². The van der Waals surface area contributed by atoms with Crippen molar-refractivity contribution in [1.82, 2.24) is 0 Å². The predicted octanol–water partition coefficient (Wildman–Crippen LogP) is 12.6. The second-order valence-corrected chi connectivity index (χ2v) is 12.8. The monoisotopic (exact) mass is 568 g/mol. The van der Waals surface area contributed by atoms with Crippen LogP contribution in [0.2, 0.25) is 0 Å². The van der Waals surface area contributed by atoms with Crippen LogP contribution in [-0.2, 0) is 0 Å². The van der Waals surface area contributed by atoms with E-state index >= 15 is 0 Å². The molecule has 9 aromatic rings. The SMILES string of the molecule is c1ccc(-c2c3ccccc3c(-c3ccc4c(c3)sc3ccc5scc(-c6ccccc6)c5c34)c3ccccc23)cc1. The second kappa shape index (κ2) is 9.39. The summed E-state index contributed by atoms with van der Waals surface area (Å²) in [5.74, 6) is 0. The lowest BCUT2D eigenvalue weighted by Crippen LogP contribution is -1.90. The van der Waals surface area contributed by atoms with Gasteiger partial charge in [-0.25, -0.2) is 0 Å². The molecule has 0 saturated heterocycles. The Balaban J connectivity index is 1.34. The molecule has 0 aliphatic carbocycles. The van der Waals surface area contributed by atoms with Gasteiger partial charge in [0.15, 0.2) is 0 Å². The third-order valence-corrected chi connectivity index (χ3v) is 10.6. The van der Waals surface area contributed by atoms with Gasteiger partial charge in [-0.05, 0) is 72.9 Å². The van der Waals surface area contributed by atoms with Gasteiger partial charge in [-0.15, -0.1) is 22.7 Å². The summed E-state index contributed by atoms with van der Waals surface area (Å²) in [6, 6.07) is 51.2. The van der Waals surface area contributed by atoms with Crippen LogP contribution in [0.1, 0.15) is 0 Å². The summed E-state index contributed by atoms with van der Waals surface area (Å²) in [4.78, 5) is 0. The Kier molecular flexibility index (Phi) is 5.34. The smallest absolute Gasteiger partial charge is 0.0362 e. The van der Waals surface area contributed by atoms with Gasteiger partial charge in [0.2, 0.25) is 0 Å². The van der Waals surface area contributed by atoms with Crippen LogP contribution in [0.5, 0.6) is 0 Å². The normalized spacial score (nSPS) is 11.8. The molecule has 0 radical (unpaired) electrons. The first-order valence-electron chi connectivity index (χ1n) is 14.3. The van der Waals surface area contributed by atoms with Gasteiger partial charge in [0.05, 0.1) is 0 Å². The Morgan fingerprint density at radius 3 is 1.55 bits per heavy atom. The summed E-state index contributed by atoms with van der Waals surface area (Å²) in [5, 5.41) is 11.6. The summed E-state index contributed by atoms with van der Waals surface area (Å²) in [5.41, 5.74) is 7.76. The van der Waals surface area contributed by atoms with Crippen LogP contribution < -0.4 is 0 Å². The van der Waals surface area contributed by atoms with Gasteiger partial charge in [0, 0.05) is 35.8 Å². The lowest BCUT2D eigenvalue weighted by Gasteiger charge is -2.17. The van der Waals surface area contributed by atoms with Gasteiger partial charge in [-0.2, -0.15) is 0 Å². The van der Waals surface area contributed by atoms with Crippen LogP contribution in [0.4, 0.5) is 0 Å². The first-order valence-corrected chi connectivity index (χ1v) is 16.0. The van der Waals surface area contributed by atoms with Crippen molar-refractivity contribution in [3.8, 4) is 33.4 Å². The molecule has 196 valence electrons. The minimum atomic E-state index is 1.26. The zero-order valence-corrected chi connectivity index (χ0v) is 24.3. The number of fused-ring (bicyclic) bond motifs is 7. The molecule has 42 heavy (non-hydrogen) atoms. The molecule has 0 unspecified atom stereocenters. The highest BCUT2D eigenvalue weighted by Crippen LogP contribution is 2.48. The largest absolute Gasteiger partial charge is 0.143 e. The average Bonchev–Trinajstić information content (AvgIpc) is 3.65. The van der Waals surface area contributed by atoms with Crippen molar-refractivity contribution >= 4 is 74.5 Å². The molecular weight excluding hydrogens is 545 g/mol. The maximum atomic E-state index is 2.43. The Labute approximate surface area is 251 Å². The minimum Gasteiger partial charge on any atom is -0.143 e. The molecule has 0 aliphatic heterocycles. The molecule has 9 rings (SSSR count). The van der Waals surface area contributed by atoms with Crippen molar-refractivity contribution in [2.24, 2.45) is 0 Å². The zero-order valence-electron chi connectivity index (χ0n) is 22.7. The van der Waals surface area contributed by atoms with E-state index < -0.39 is 0 Å². The topological polar surface area (TPSA) is 0 Å². The van der Waals surface area contributed by atoms with Gasteiger partial charge in [-0.1, -0.05) is 121 Å². The minimum absolute atomic E-state index is 1.26. The van der Waals surface area contributed by atoms with Crippen molar-refractivity contribution in [3.63, 3.8) is 0 Å². The quantitative estimate of drug-likeness (QED) is 0.186. The van der Waals surface area contributed by atoms with Crippen LogP contribution in [0, 0.1) is 0 Å². The summed E-state index contributed by atoms with van der Waals surface area (Å²) in [6.45, 7) is 0. The Bertz CT molecular complexity index is 2390. The van der Waals surface area contributed by atoms with Crippen LogP contribution >= 0.6 is 22.7 Å². The van der Waals surface area contributed by atoms with Gasteiger partial charge in [-0.3, -0.25) is 0 Å². The van der Waals surface area contributed by atoms with E-state index in [-0.39, 0.29) is 0 Å². The third-order valence-electron chi connectivity index (χ3n) is 8.54. The summed E-state index contributed by atoms with van der Waals surface area (Å²) in [6.07, 6.45) is 0. The van der Waals surface area contributed by atoms with Gasteiger partial charge < -0.3 is 0 Å². The van der Waals surface area contributed by atoms with Crippen LogP contribution in [-0.4, -0.2) is 0 Å². The van der Waals surface area contributed by atoms with Gasteiger partial charge >= 0.3 is 0 Å². The zero-order chi connectivity index (χ0) is 27.6. The van der Waals surface area contributed by atoms with E-state index in [9.17, 15) is 0 Å². The number of hydrogen-bond donors (Lipinski definition) is 0. The molecule has 0 aliphatic rings. The molecular formula is C40H24S2. The first-order chi connectivity index (χ1) is 20.8. The van der Waals surface area contributed by atoms with E-state index in [4.69, 9.17) is 0 Å². The number of thiophene rings is 2. The Hall–Kier alpha value is -4.76.